The van der Waals surface area contributed by atoms with E-state index >= 15 is 0 Å². The van der Waals surface area contributed by atoms with Crippen LogP contribution in [-0.2, 0) is 4.79 Å². The second-order valence-corrected chi connectivity index (χ2v) is 7.46. The van der Waals surface area contributed by atoms with Gasteiger partial charge in [-0.15, -0.1) is 0 Å². The molecule has 0 bridgehead atoms. The fourth-order valence-electron chi connectivity index (χ4n) is 3.19. The summed E-state index contributed by atoms with van der Waals surface area (Å²) in [5, 5.41) is 2.84. The van der Waals surface area contributed by atoms with Crippen molar-refractivity contribution in [2.75, 3.05) is 25.1 Å². The average Bonchev–Trinajstić information content (AvgIpc) is 3.04. The zero-order chi connectivity index (χ0) is 16.8. The number of rotatable bonds is 6. The summed E-state index contributed by atoms with van der Waals surface area (Å²) in [6.07, 6.45) is 5.24. The van der Waals surface area contributed by atoms with Gasteiger partial charge in [-0.1, -0.05) is 13.8 Å². The van der Waals surface area contributed by atoms with Gasteiger partial charge < -0.3 is 14.6 Å². The maximum absolute atomic E-state index is 12.9. The monoisotopic (exact) mass is 338 g/mol. The first-order chi connectivity index (χ1) is 11.0. The second kappa shape index (κ2) is 8.43. The maximum Gasteiger partial charge on any atom is 0.287 e. The summed E-state index contributed by atoms with van der Waals surface area (Å²) in [7, 11) is 0. The molecule has 1 aromatic rings. The Labute approximate surface area is 142 Å². The lowest BCUT2D eigenvalue weighted by Crippen LogP contribution is -2.52. The van der Waals surface area contributed by atoms with E-state index < -0.39 is 6.04 Å². The predicted molar refractivity (Wildman–Crippen MR) is 92.5 cm³/mol. The Bertz CT molecular complexity index is 508. The van der Waals surface area contributed by atoms with E-state index in [9.17, 15) is 9.59 Å². The average molecular weight is 338 g/mol. The molecule has 23 heavy (non-hydrogen) atoms. The van der Waals surface area contributed by atoms with Gasteiger partial charge in [-0.25, -0.2) is 0 Å². The van der Waals surface area contributed by atoms with Crippen molar-refractivity contribution in [1.82, 2.24) is 10.2 Å². The summed E-state index contributed by atoms with van der Waals surface area (Å²) in [5.74, 6) is 1.78. The van der Waals surface area contributed by atoms with Crippen molar-refractivity contribution in [3.05, 3.63) is 24.2 Å². The maximum atomic E-state index is 12.9. The molecule has 0 radical (unpaired) electrons. The highest BCUT2D eigenvalue weighted by Gasteiger charge is 2.31. The highest BCUT2D eigenvalue weighted by Crippen LogP contribution is 2.22. The highest BCUT2D eigenvalue weighted by molar-refractivity contribution is 7.98. The van der Waals surface area contributed by atoms with Gasteiger partial charge in [-0.2, -0.15) is 11.8 Å². The molecule has 6 heteroatoms. The number of thioether (sulfide) groups is 1. The molecular formula is C17H26N2O3S. The zero-order valence-electron chi connectivity index (χ0n) is 14.1. The number of furan rings is 1. The van der Waals surface area contributed by atoms with Crippen molar-refractivity contribution in [1.29, 1.82) is 0 Å². The molecule has 0 aromatic carbocycles. The van der Waals surface area contributed by atoms with Gasteiger partial charge in [0.25, 0.3) is 5.91 Å². The van der Waals surface area contributed by atoms with E-state index in [4.69, 9.17) is 4.42 Å². The molecule has 0 spiro atoms. The molecule has 1 aliphatic rings. The van der Waals surface area contributed by atoms with Crippen LogP contribution in [0.15, 0.2) is 22.8 Å². The third kappa shape index (κ3) is 5.03. The number of likely N-dealkylation sites (tertiary alicyclic amines) is 1. The molecule has 1 fully saturated rings. The van der Waals surface area contributed by atoms with Crippen molar-refractivity contribution in [2.24, 2.45) is 11.8 Å². The largest absolute Gasteiger partial charge is 0.459 e. The van der Waals surface area contributed by atoms with Crippen molar-refractivity contribution < 1.29 is 14.0 Å². The lowest BCUT2D eigenvalue weighted by molar-refractivity contribution is -0.136. The topological polar surface area (TPSA) is 62.6 Å². The van der Waals surface area contributed by atoms with E-state index in [-0.39, 0.29) is 17.6 Å². The Kier molecular flexibility index (Phi) is 6.57. The fraction of sp³-hybridized carbons (Fsp3) is 0.647. The molecule has 0 saturated carbocycles. The van der Waals surface area contributed by atoms with E-state index in [0.717, 1.165) is 25.3 Å². The Morgan fingerprint density at radius 3 is 2.65 bits per heavy atom. The van der Waals surface area contributed by atoms with E-state index in [1.807, 2.05) is 11.2 Å². The summed E-state index contributed by atoms with van der Waals surface area (Å²) in [6.45, 7) is 5.90. The highest BCUT2D eigenvalue weighted by atomic mass is 32.2. The minimum atomic E-state index is -0.488. The minimum Gasteiger partial charge on any atom is -0.459 e. The van der Waals surface area contributed by atoms with E-state index in [0.29, 0.717) is 18.3 Å². The van der Waals surface area contributed by atoms with Crippen LogP contribution in [0.3, 0.4) is 0 Å². The zero-order valence-corrected chi connectivity index (χ0v) is 14.9. The lowest BCUT2D eigenvalue weighted by atomic mass is 9.91. The van der Waals surface area contributed by atoms with Gasteiger partial charge in [0.2, 0.25) is 5.91 Å². The van der Waals surface area contributed by atoms with Gasteiger partial charge in [-0.05, 0) is 48.8 Å². The van der Waals surface area contributed by atoms with Gasteiger partial charge in [-0.3, -0.25) is 9.59 Å². The van der Waals surface area contributed by atoms with Crippen molar-refractivity contribution in [3.63, 3.8) is 0 Å². The minimum absolute atomic E-state index is 0.0253. The smallest absolute Gasteiger partial charge is 0.287 e. The molecule has 1 aromatic heterocycles. The van der Waals surface area contributed by atoms with Crippen molar-refractivity contribution in [3.8, 4) is 0 Å². The van der Waals surface area contributed by atoms with Crippen molar-refractivity contribution >= 4 is 23.6 Å². The molecule has 1 saturated heterocycles. The molecule has 1 N–H and O–H groups in total. The first-order valence-electron chi connectivity index (χ1n) is 8.13. The Hall–Kier alpha value is -1.43. The Morgan fingerprint density at radius 2 is 2.09 bits per heavy atom. The number of carbonyl (C=O) groups is 2. The number of hydrogen-bond acceptors (Lipinski definition) is 4. The number of carbonyl (C=O) groups excluding carboxylic acids is 2. The number of nitrogens with zero attached hydrogens (tertiary/aromatic N) is 1. The van der Waals surface area contributed by atoms with E-state index in [1.165, 1.54) is 6.26 Å². The van der Waals surface area contributed by atoms with Crippen LogP contribution in [0, 0.1) is 11.8 Å². The van der Waals surface area contributed by atoms with Crippen LogP contribution in [0.25, 0.3) is 0 Å². The van der Waals surface area contributed by atoms with Gasteiger partial charge in [0.1, 0.15) is 6.04 Å². The first kappa shape index (κ1) is 17.9. The van der Waals surface area contributed by atoms with E-state index in [2.05, 4.69) is 19.2 Å². The molecule has 1 aliphatic heterocycles. The molecule has 3 unspecified atom stereocenters. The van der Waals surface area contributed by atoms with Crippen molar-refractivity contribution in [2.45, 2.75) is 32.7 Å². The van der Waals surface area contributed by atoms with Gasteiger partial charge >= 0.3 is 0 Å². The number of hydrogen-bond donors (Lipinski definition) is 1. The first-order valence-corrected chi connectivity index (χ1v) is 9.52. The summed E-state index contributed by atoms with van der Waals surface area (Å²) < 4.78 is 5.12. The molecule has 3 atom stereocenters. The van der Waals surface area contributed by atoms with Crippen LogP contribution >= 0.6 is 11.8 Å². The molecule has 128 valence electrons. The standard InChI is InChI=1S/C17H26N2O3S/c1-12-9-13(2)11-19(10-12)17(21)14(6-8-23-3)18-16(20)15-5-4-7-22-15/h4-5,7,12-14H,6,8-11H2,1-3H3,(H,18,20). The predicted octanol–water partition coefficient (Wildman–Crippen LogP) is 2.64. The lowest BCUT2D eigenvalue weighted by Gasteiger charge is -2.37. The molecule has 2 amide bonds. The number of amides is 2. The van der Waals surface area contributed by atoms with Crippen LogP contribution in [0.2, 0.25) is 0 Å². The second-order valence-electron chi connectivity index (χ2n) is 6.47. The van der Waals surface area contributed by atoms with Gasteiger partial charge in [0.05, 0.1) is 6.26 Å². The Balaban J connectivity index is 2.04. The normalized spacial score (nSPS) is 22.7. The summed E-state index contributed by atoms with van der Waals surface area (Å²) in [5.41, 5.74) is 0. The third-order valence-electron chi connectivity index (χ3n) is 4.14. The molecule has 2 rings (SSSR count). The van der Waals surface area contributed by atoms with E-state index in [1.54, 1.807) is 23.9 Å². The third-order valence-corrected chi connectivity index (χ3v) is 4.78. The Morgan fingerprint density at radius 1 is 1.39 bits per heavy atom. The van der Waals surface area contributed by atoms with Gasteiger partial charge in [0, 0.05) is 13.1 Å². The SMILES string of the molecule is CSCCC(NC(=O)c1ccco1)C(=O)N1CC(C)CC(C)C1. The molecule has 0 aliphatic carbocycles. The summed E-state index contributed by atoms with van der Waals surface area (Å²) >= 11 is 1.67. The number of piperidine rings is 1. The quantitative estimate of drug-likeness (QED) is 0.866. The summed E-state index contributed by atoms with van der Waals surface area (Å²) in [4.78, 5) is 27.0. The van der Waals surface area contributed by atoms with Crippen LogP contribution in [0.5, 0.6) is 0 Å². The summed E-state index contributed by atoms with van der Waals surface area (Å²) in [6, 6.07) is 2.79. The van der Waals surface area contributed by atoms with Crippen LogP contribution in [-0.4, -0.2) is 47.9 Å². The fourth-order valence-corrected chi connectivity index (χ4v) is 3.66. The molecule has 5 nitrogen and oxygen atoms in total. The molecular weight excluding hydrogens is 312 g/mol. The number of nitrogens with one attached hydrogen (secondary N) is 1. The van der Waals surface area contributed by atoms with Crippen LogP contribution < -0.4 is 5.32 Å². The molecule has 2 heterocycles. The van der Waals surface area contributed by atoms with Crippen LogP contribution in [0.1, 0.15) is 37.2 Å². The van der Waals surface area contributed by atoms with Crippen LogP contribution in [0.4, 0.5) is 0 Å². The van der Waals surface area contributed by atoms with Gasteiger partial charge in [0.15, 0.2) is 5.76 Å².